The van der Waals surface area contributed by atoms with Gasteiger partial charge < -0.3 is 10.2 Å². The number of halogens is 2. The normalized spacial score (nSPS) is 12.3. The number of anilines is 3. The predicted octanol–water partition coefficient (Wildman–Crippen LogP) is 5.60. The van der Waals surface area contributed by atoms with Gasteiger partial charge in [-0.3, -0.25) is 4.79 Å². The van der Waals surface area contributed by atoms with E-state index in [0.29, 0.717) is 6.54 Å². The molecule has 3 aromatic rings. The average molecular weight is 382 g/mol. The molecular formula is C21H16F2N2OS. The Hall–Kier alpha value is -2.86. The van der Waals surface area contributed by atoms with Crippen LogP contribution in [-0.4, -0.2) is 12.5 Å². The van der Waals surface area contributed by atoms with Crippen molar-refractivity contribution in [3.05, 3.63) is 78.4 Å². The van der Waals surface area contributed by atoms with E-state index in [4.69, 9.17) is 0 Å². The van der Waals surface area contributed by atoms with Crippen molar-refractivity contribution in [3.8, 4) is 0 Å². The van der Waals surface area contributed by atoms with Crippen LogP contribution in [0, 0.1) is 11.6 Å². The Morgan fingerprint density at radius 1 is 0.852 bits per heavy atom. The first kappa shape index (κ1) is 17.5. The first-order valence-electron chi connectivity index (χ1n) is 8.51. The zero-order valence-corrected chi connectivity index (χ0v) is 15.1. The van der Waals surface area contributed by atoms with Crippen LogP contribution < -0.4 is 10.2 Å². The number of hydrogen-bond donors (Lipinski definition) is 1. The van der Waals surface area contributed by atoms with Gasteiger partial charge in [0.1, 0.15) is 17.3 Å². The minimum absolute atomic E-state index is 0.0983. The van der Waals surface area contributed by atoms with E-state index in [2.05, 4.69) is 10.2 Å². The summed E-state index contributed by atoms with van der Waals surface area (Å²) in [5.74, 6) is -2.01. The summed E-state index contributed by atoms with van der Waals surface area (Å²) in [6.07, 6.45) is 0.0983. The van der Waals surface area contributed by atoms with Gasteiger partial charge in [-0.1, -0.05) is 42.1 Å². The number of nitrogens with one attached hydrogen (secondary N) is 1. The standard InChI is InChI=1S/C21H16F2N2OS/c22-14-6-5-7-15(23)21(14)24-20(26)12-13-25-16-8-1-3-10-18(16)27-19-11-4-2-9-17(19)25/h1-11H,12-13H2,(H,24,26). The molecule has 3 nitrogen and oxygen atoms in total. The Bertz CT molecular complexity index is 943. The summed E-state index contributed by atoms with van der Waals surface area (Å²) in [6, 6.07) is 19.5. The van der Waals surface area contributed by atoms with Gasteiger partial charge in [0.2, 0.25) is 5.91 Å². The van der Waals surface area contributed by atoms with Gasteiger partial charge in [0.05, 0.1) is 11.4 Å². The summed E-state index contributed by atoms with van der Waals surface area (Å²) in [5.41, 5.74) is 1.63. The number of fused-ring (bicyclic) bond motifs is 2. The van der Waals surface area contributed by atoms with Gasteiger partial charge in [-0.05, 0) is 36.4 Å². The highest BCUT2D eigenvalue weighted by atomic mass is 32.2. The fraction of sp³-hybridized carbons (Fsp3) is 0.0952. The smallest absolute Gasteiger partial charge is 0.226 e. The molecule has 27 heavy (non-hydrogen) atoms. The highest BCUT2D eigenvalue weighted by Crippen LogP contribution is 2.47. The molecule has 0 fully saturated rings. The quantitative estimate of drug-likeness (QED) is 0.638. The Labute approximate surface area is 160 Å². The van der Waals surface area contributed by atoms with Crippen molar-refractivity contribution in [1.82, 2.24) is 0 Å². The van der Waals surface area contributed by atoms with Crippen LogP contribution in [-0.2, 0) is 4.79 Å². The van der Waals surface area contributed by atoms with E-state index in [1.54, 1.807) is 11.8 Å². The fourth-order valence-corrected chi connectivity index (χ4v) is 4.15. The lowest BCUT2D eigenvalue weighted by Gasteiger charge is -2.32. The van der Waals surface area contributed by atoms with Crippen LogP contribution in [0.4, 0.5) is 25.8 Å². The number of nitrogens with zero attached hydrogens (tertiary/aromatic N) is 1. The molecule has 3 aromatic carbocycles. The lowest BCUT2D eigenvalue weighted by Crippen LogP contribution is -2.26. The van der Waals surface area contributed by atoms with Gasteiger partial charge in [0, 0.05) is 22.8 Å². The van der Waals surface area contributed by atoms with Gasteiger partial charge in [-0.15, -0.1) is 0 Å². The summed E-state index contributed by atoms with van der Waals surface area (Å²) in [5, 5.41) is 2.35. The third-order valence-corrected chi connectivity index (χ3v) is 5.45. The number of carbonyl (C=O) groups excluding carboxylic acids is 1. The zero-order chi connectivity index (χ0) is 18.8. The van der Waals surface area contributed by atoms with Crippen LogP contribution in [0.5, 0.6) is 0 Å². The van der Waals surface area contributed by atoms with Gasteiger partial charge in [-0.25, -0.2) is 8.78 Å². The van der Waals surface area contributed by atoms with E-state index in [9.17, 15) is 13.6 Å². The zero-order valence-electron chi connectivity index (χ0n) is 14.3. The van der Waals surface area contributed by atoms with Gasteiger partial charge in [-0.2, -0.15) is 0 Å². The minimum Gasteiger partial charge on any atom is -0.339 e. The molecule has 0 bridgehead atoms. The number of benzene rings is 3. The van der Waals surface area contributed by atoms with Gasteiger partial charge in [0.25, 0.3) is 0 Å². The third kappa shape index (κ3) is 3.53. The molecule has 0 saturated heterocycles. The molecule has 1 heterocycles. The molecule has 6 heteroatoms. The Kier molecular flexibility index (Phi) is 4.81. The number of hydrogen-bond acceptors (Lipinski definition) is 3. The van der Waals surface area contributed by atoms with E-state index in [-0.39, 0.29) is 6.42 Å². The summed E-state index contributed by atoms with van der Waals surface area (Å²) >= 11 is 1.69. The highest BCUT2D eigenvalue weighted by Gasteiger charge is 2.23. The number of rotatable bonds is 4. The Morgan fingerprint density at radius 2 is 1.41 bits per heavy atom. The van der Waals surface area contributed by atoms with Crippen LogP contribution in [0.15, 0.2) is 76.5 Å². The topological polar surface area (TPSA) is 32.3 Å². The minimum atomic E-state index is -0.784. The third-order valence-electron chi connectivity index (χ3n) is 4.32. The van der Waals surface area contributed by atoms with Crippen LogP contribution in [0.1, 0.15) is 6.42 Å². The monoisotopic (exact) mass is 382 g/mol. The Balaban J connectivity index is 1.54. The van der Waals surface area contributed by atoms with E-state index in [0.717, 1.165) is 33.3 Å². The fourth-order valence-electron chi connectivity index (χ4n) is 3.05. The van der Waals surface area contributed by atoms with Crippen LogP contribution in [0.3, 0.4) is 0 Å². The second-order valence-electron chi connectivity index (χ2n) is 6.08. The van der Waals surface area contributed by atoms with Gasteiger partial charge in [0.15, 0.2) is 0 Å². The second kappa shape index (κ2) is 7.40. The van der Waals surface area contributed by atoms with Gasteiger partial charge >= 0.3 is 0 Å². The predicted molar refractivity (Wildman–Crippen MR) is 104 cm³/mol. The van der Waals surface area contributed by atoms with Crippen LogP contribution >= 0.6 is 11.8 Å². The average Bonchev–Trinajstić information content (AvgIpc) is 2.68. The van der Waals surface area contributed by atoms with Crippen molar-refractivity contribution in [2.45, 2.75) is 16.2 Å². The van der Waals surface area contributed by atoms with E-state index in [1.165, 1.54) is 6.07 Å². The molecule has 0 saturated carbocycles. The second-order valence-corrected chi connectivity index (χ2v) is 7.17. The molecule has 1 amide bonds. The molecule has 4 rings (SSSR count). The van der Waals surface area contributed by atoms with Crippen LogP contribution in [0.2, 0.25) is 0 Å². The summed E-state index contributed by atoms with van der Waals surface area (Å²) in [7, 11) is 0. The number of carbonyl (C=O) groups is 1. The van der Waals surface area contributed by atoms with Crippen molar-refractivity contribution in [2.75, 3.05) is 16.8 Å². The molecule has 1 aliphatic rings. The summed E-state index contributed by atoms with van der Waals surface area (Å²) < 4.78 is 27.5. The maximum Gasteiger partial charge on any atom is 0.226 e. The SMILES string of the molecule is O=C(CCN1c2ccccc2Sc2ccccc21)Nc1c(F)cccc1F. The Morgan fingerprint density at radius 3 is 2.00 bits per heavy atom. The van der Waals surface area contributed by atoms with Crippen molar-refractivity contribution < 1.29 is 13.6 Å². The van der Waals surface area contributed by atoms with Crippen LogP contribution in [0.25, 0.3) is 0 Å². The van der Waals surface area contributed by atoms with E-state index < -0.39 is 23.2 Å². The highest BCUT2D eigenvalue weighted by molar-refractivity contribution is 7.99. The van der Waals surface area contributed by atoms with E-state index >= 15 is 0 Å². The number of para-hydroxylation sites is 3. The molecule has 136 valence electrons. The first-order valence-corrected chi connectivity index (χ1v) is 9.32. The molecule has 1 aliphatic heterocycles. The van der Waals surface area contributed by atoms with Crippen molar-refractivity contribution in [3.63, 3.8) is 0 Å². The molecule has 0 radical (unpaired) electrons. The maximum absolute atomic E-state index is 13.7. The molecule has 0 unspecified atom stereocenters. The molecule has 0 spiro atoms. The summed E-state index contributed by atoms with van der Waals surface area (Å²) in [4.78, 5) is 16.6. The van der Waals surface area contributed by atoms with E-state index in [1.807, 2.05) is 48.5 Å². The lowest BCUT2D eigenvalue weighted by atomic mass is 10.2. The van der Waals surface area contributed by atoms with Crippen molar-refractivity contribution in [2.24, 2.45) is 0 Å². The molecular weight excluding hydrogens is 366 g/mol. The maximum atomic E-state index is 13.7. The number of amides is 1. The largest absolute Gasteiger partial charge is 0.339 e. The molecule has 0 aliphatic carbocycles. The van der Waals surface area contributed by atoms with Crippen molar-refractivity contribution in [1.29, 1.82) is 0 Å². The summed E-state index contributed by atoms with van der Waals surface area (Å²) in [6.45, 7) is 0.399. The first-order chi connectivity index (χ1) is 13.1. The lowest BCUT2D eigenvalue weighted by molar-refractivity contribution is -0.116. The molecule has 0 atom stereocenters. The molecule has 0 aromatic heterocycles. The molecule has 1 N–H and O–H groups in total. The van der Waals surface area contributed by atoms with Crippen molar-refractivity contribution >= 4 is 34.7 Å².